The summed E-state index contributed by atoms with van der Waals surface area (Å²) in [5, 5.41) is 2.84. The van der Waals surface area contributed by atoms with Crippen molar-refractivity contribution in [1.29, 1.82) is 0 Å². The number of methoxy groups -OCH3 is 1. The summed E-state index contributed by atoms with van der Waals surface area (Å²) in [6.07, 6.45) is 1.21. The zero-order valence-corrected chi connectivity index (χ0v) is 21.6. The van der Waals surface area contributed by atoms with E-state index in [1.54, 1.807) is 44.2 Å². The number of nitrogens with one attached hydrogen (secondary N) is 1. The molecule has 3 rings (SSSR count). The lowest BCUT2D eigenvalue weighted by molar-refractivity contribution is -0.115. The SMILES string of the molecule is CCC(=O)Nc1ccc2c(c1)C(=O)N(C)C[C@H](OC)[C@H](C)CN(CCc1ccccc1)[C@@H](C)CO2. The third-order valence-corrected chi connectivity index (χ3v) is 6.71. The Kier molecular flexibility index (Phi) is 9.69. The first-order chi connectivity index (χ1) is 16.8. The first-order valence-corrected chi connectivity index (χ1v) is 12.4. The summed E-state index contributed by atoms with van der Waals surface area (Å²) >= 11 is 0. The van der Waals surface area contributed by atoms with Crippen molar-refractivity contribution in [2.75, 3.05) is 45.7 Å². The van der Waals surface area contributed by atoms with Gasteiger partial charge in [0.2, 0.25) is 5.91 Å². The van der Waals surface area contributed by atoms with Crippen LogP contribution in [0.25, 0.3) is 0 Å². The standard InChI is InChI=1S/C28H39N3O4/c1-6-27(32)29-23-12-13-25-24(16-23)28(33)30(4)18-26(34-5)20(2)17-31(21(3)19-35-25)15-14-22-10-8-7-9-11-22/h7-13,16,20-21,26H,6,14-15,17-19H2,1-5H3,(H,29,32)/t20-,21+,26+/m1/s1. The lowest BCUT2D eigenvalue weighted by Crippen LogP contribution is -2.47. The van der Waals surface area contributed by atoms with E-state index in [0.717, 1.165) is 19.5 Å². The lowest BCUT2D eigenvalue weighted by Gasteiger charge is -2.36. The van der Waals surface area contributed by atoms with Gasteiger partial charge in [0.05, 0.1) is 11.7 Å². The summed E-state index contributed by atoms with van der Waals surface area (Å²) in [5.74, 6) is 0.475. The highest BCUT2D eigenvalue weighted by Crippen LogP contribution is 2.26. The average molecular weight is 482 g/mol. The molecule has 2 aromatic rings. The van der Waals surface area contributed by atoms with Crippen LogP contribution in [0.1, 0.15) is 43.1 Å². The molecule has 0 fully saturated rings. The van der Waals surface area contributed by atoms with Crippen molar-refractivity contribution >= 4 is 17.5 Å². The van der Waals surface area contributed by atoms with Gasteiger partial charge in [0.15, 0.2) is 0 Å². The van der Waals surface area contributed by atoms with Gasteiger partial charge in [0.25, 0.3) is 5.91 Å². The van der Waals surface area contributed by atoms with E-state index in [9.17, 15) is 9.59 Å². The van der Waals surface area contributed by atoms with Crippen molar-refractivity contribution in [3.05, 3.63) is 59.7 Å². The van der Waals surface area contributed by atoms with Crippen LogP contribution in [0.5, 0.6) is 5.75 Å². The van der Waals surface area contributed by atoms with E-state index in [2.05, 4.69) is 48.3 Å². The Bertz CT molecular complexity index is 981. The van der Waals surface area contributed by atoms with Crippen molar-refractivity contribution in [2.45, 2.75) is 45.8 Å². The molecule has 0 unspecified atom stereocenters. The van der Waals surface area contributed by atoms with E-state index in [1.807, 2.05) is 6.07 Å². The molecule has 1 N–H and O–H groups in total. The maximum Gasteiger partial charge on any atom is 0.257 e. The number of fused-ring (bicyclic) bond motifs is 1. The molecule has 1 heterocycles. The number of amides is 2. The predicted octanol–water partition coefficient (Wildman–Crippen LogP) is 4.08. The van der Waals surface area contributed by atoms with Gasteiger partial charge in [-0.25, -0.2) is 0 Å². The zero-order chi connectivity index (χ0) is 25.4. The molecule has 0 saturated carbocycles. The Morgan fingerprint density at radius 1 is 1.14 bits per heavy atom. The highest BCUT2D eigenvalue weighted by molar-refractivity contribution is 5.99. The van der Waals surface area contributed by atoms with E-state index >= 15 is 0 Å². The third kappa shape index (κ3) is 7.29. The minimum Gasteiger partial charge on any atom is -0.491 e. The Labute approximate surface area is 209 Å². The van der Waals surface area contributed by atoms with Crippen molar-refractivity contribution in [2.24, 2.45) is 5.92 Å². The maximum atomic E-state index is 13.4. The highest BCUT2D eigenvalue weighted by Gasteiger charge is 2.28. The van der Waals surface area contributed by atoms with Gasteiger partial charge in [-0.1, -0.05) is 44.2 Å². The second kappa shape index (κ2) is 12.7. The predicted molar refractivity (Wildman–Crippen MR) is 139 cm³/mol. The molecule has 0 aromatic heterocycles. The van der Waals surface area contributed by atoms with Crippen LogP contribution in [0.15, 0.2) is 48.5 Å². The molecular weight excluding hydrogens is 442 g/mol. The Hall–Kier alpha value is -2.90. The number of nitrogens with zero attached hydrogens (tertiary/aromatic N) is 2. The van der Waals surface area contributed by atoms with E-state index in [4.69, 9.17) is 9.47 Å². The molecule has 0 bridgehead atoms. The fourth-order valence-corrected chi connectivity index (χ4v) is 4.41. The van der Waals surface area contributed by atoms with Gasteiger partial charge in [0.1, 0.15) is 12.4 Å². The quantitative estimate of drug-likeness (QED) is 0.673. The van der Waals surface area contributed by atoms with Gasteiger partial charge in [-0.2, -0.15) is 0 Å². The largest absolute Gasteiger partial charge is 0.491 e. The van der Waals surface area contributed by atoms with Crippen LogP contribution < -0.4 is 10.1 Å². The number of anilines is 1. The van der Waals surface area contributed by atoms with Crippen molar-refractivity contribution in [3.8, 4) is 5.75 Å². The number of hydrogen-bond acceptors (Lipinski definition) is 5. The number of benzene rings is 2. The van der Waals surface area contributed by atoms with E-state index < -0.39 is 0 Å². The molecule has 190 valence electrons. The van der Waals surface area contributed by atoms with Crippen molar-refractivity contribution in [3.63, 3.8) is 0 Å². The Morgan fingerprint density at radius 2 is 1.89 bits per heavy atom. The highest BCUT2D eigenvalue weighted by atomic mass is 16.5. The van der Waals surface area contributed by atoms with Crippen LogP contribution in [0.3, 0.4) is 0 Å². The second-order valence-electron chi connectivity index (χ2n) is 9.44. The van der Waals surface area contributed by atoms with Crippen LogP contribution in [-0.4, -0.2) is 74.2 Å². The molecule has 1 aliphatic rings. The maximum absolute atomic E-state index is 13.4. The molecule has 0 aliphatic carbocycles. The van der Waals surface area contributed by atoms with E-state index in [0.29, 0.717) is 36.6 Å². The number of rotatable bonds is 6. The monoisotopic (exact) mass is 481 g/mol. The van der Waals surface area contributed by atoms with E-state index in [1.165, 1.54) is 5.56 Å². The lowest BCUT2D eigenvalue weighted by atomic mass is 10.0. The number of carbonyl (C=O) groups is 2. The van der Waals surface area contributed by atoms with E-state index in [-0.39, 0.29) is 29.9 Å². The first-order valence-electron chi connectivity index (χ1n) is 12.4. The zero-order valence-electron chi connectivity index (χ0n) is 21.6. The molecule has 0 spiro atoms. The van der Waals surface area contributed by atoms with Crippen molar-refractivity contribution < 1.29 is 19.1 Å². The van der Waals surface area contributed by atoms with Crippen LogP contribution in [0, 0.1) is 5.92 Å². The van der Waals surface area contributed by atoms with Gasteiger partial charge < -0.3 is 19.7 Å². The third-order valence-electron chi connectivity index (χ3n) is 6.71. The van der Waals surface area contributed by atoms with Crippen LogP contribution in [0.4, 0.5) is 5.69 Å². The van der Waals surface area contributed by atoms with Crippen molar-refractivity contribution in [1.82, 2.24) is 9.80 Å². The fraction of sp³-hybridized carbons (Fsp3) is 0.500. The number of hydrogen-bond donors (Lipinski definition) is 1. The minimum absolute atomic E-state index is 0.101. The van der Waals surface area contributed by atoms with Crippen LogP contribution in [0.2, 0.25) is 0 Å². The first kappa shape index (κ1) is 26.7. The molecule has 35 heavy (non-hydrogen) atoms. The summed E-state index contributed by atoms with van der Waals surface area (Å²) in [4.78, 5) is 29.4. The van der Waals surface area contributed by atoms with Gasteiger partial charge >= 0.3 is 0 Å². The van der Waals surface area contributed by atoms with Gasteiger partial charge in [-0.3, -0.25) is 14.5 Å². The average Bonchev–Trinajstić information content (AvgIpc) is 2.87. The summed E-state index contributed by atoms with van der Waals surface area (Å²) in [6.45, 7) is 8.78. The normalized spacial score (nSPS) is 21.9. The molecule has 7 nitrogen and oxygen atoms in total. The minimum atomic E-state index is -0.156. The smallest absolute Gasteiger partial charge is 0.257 e. The Morgan fingerprint density at radius 3 is 2.57 bits per heavy atom. The van der Waals surface area contributed by atoms with Crippen LogP contribution >= 0.6 is 0 Å². The van der Waals surface area contributed by atoms with Gasteiger partial charge in [-0.15, -0.1) is 0 Å². The summed E-state index contributed by atoms with van der Waals surface area (Å²) in [6, 6.07) is 15.9. The Balaban J connectivity index is 1.88. The number of likely N-dealkylation sites (N-methyl/N-ethyl adjacent to an activating group) is 1. The summed E-state index contributed by atoms with van der Waals surface area (Å²) in [7, 11) is 3.49. The number of ether oxygens (including phenoxy) is 2. The van der Waals surface area contributed by atoms with Gasteiger partial charge in [-0.05, 0) is 43.0 Å². The molecule has 7 heteroatoms. The molecule has 3 atom stereocenters. The molecule has 1 aliphatic heterocycles. The van der Waals surface area contributed by atoms with Crippen LogP contribution in [-0.2, 0) is 16.0 Å². The molecule has 2 amide bonds. The number of carbonyl (C=O) groups excluding carboxylic acids is 2. The second-order valence-corrected chi connectivity index (χ2v) is 9.44. The summed E-state index contributed by atoms with van der Waals surface area (Å²) in [5.41, 5.74) is 2.33. The topological polar surface area (TPSA) is 71.1 Å². The molecule has 2 aromatic carbocycles. The van der Waals surface area contributed by atoms with Gasteiger partial charge in [0, 0.05) is 51.9 Å². The molecular formula is C28H39N3O4. The molecule has 0 radical (unpaired) electrons. The fourth-order valence-electron chi connectivity index (χ4n) is 4.41. The molecule has 0 saturated heterocycles. The summed E-state index contributed by atoms with van der Waals surface area (Å²) < 4.78 is 12.1.